The van der Waals surface area contributed by atoms with E-state index in [9.17, 15) is 0 Å². The van der Waals surface area contributed by atoms with Crippen molar-refractivity contribution in [3.8, 4) is 11.4 Å². The molecule has 1 aromatic heterocycles. The fraction of sp³-hybridized carbons (Fsp3) is 0.273. The van der Waals surface area contributed by atoms with Gasteiger partial charge in [-0.3, -0.25) is 4.68 Å². The first-order valence-corrected chi connectivity index (χ1v) is 6.43. The normalized spacial score (nSPS) is 10.6. The molecule has 0 saturated heterocycles. The van der Waals surface area contributed by atoms with Crippen LogP contribution >= 0.6 is 11.8 Å². The smallest absolute Gasteiger partial charge is 0.181 e. The van der Waals surface area contributed by atoms with Gasteiger partial charge in [-0.2, -0.15) is 16.9 Å². The topological polar surface area (TPSA) is 56.7 Å². The number of nitrogens with two attached hydrogens (primary N) is 1. The van der Waals surface area contributed by atoms with Gasteiger partial charge >= 0.3 is 0 Å². The van der Waals surface area contributed by atoms with Crippen LogP contribution in [0.15, 0.2) is 30.6 Å². The van der Waals surface area contributed by atoms with Gasteiger partial charge in [0.2, 0.25) is 0 Å². The maximum Gasteiger partial charge on any atom is 0.181 e. The Morgan fingerprint density at radius 2 is 2.31 bits per heavy atom. The number of aryl methyl sites for hydroxylation is 1. The lowest BCUT2D eigenvalue weighted by atomic mass is 10.2. The monoisotopic (exact) mass is 234 g/mol. The molecule has 0 bridgehead atoms. The molecule has 0 amide bonds. The molecular formula is C11H14N4S. The van der Waals surface area contributed by atoms with Crippen molar-refractivity contribution in [1.82, 2.24) is 14.8 Å². The molecular weight excluding hydrogens is 220 g/mol. The van der Waals surface area contributed by atoms with Gasteiger partial charge in [0.05, 0.1) is 6.54 Å². The van der Waals surface area contributed by atoms with Crippen molar-refractivity contribution in [2.45, 2.75) is 6.54 Å². The van der Waals surface area contributed by atoms with Crippen molar-refractivity contribution in [2.75, 3.05) is 17.7 Å². The summed E-state index contributed by atoms with van der Waals surface area (Å²) in [7, 11) is 0. The minimum Gasteiger partial charge on any atom is -0.399 e. The average Bonchev–Trinajstić information content (AvgIpc) is 2.75. The third-order valence-corrected chi connectivity index (χ3v) is 2.80. The highest BCUT2D eigenvalue weighted by Gasteiger charge is 2.03. The zero-order chi connectivity index (χ0) is 11.4. The van der Waals surface area contributed by atoms with Crippen LogP contribution in [0, 0.1) is 0 Å². The summed E-state index contributed by atoms with van der Waals surface area (Å²) in [6, 6.07) is 7.61. The number of rotatable bonds is 4. The molecule has 2 rings (SSSR count). The summed E-state index contributed by atoms with van der Waals surface area (Å²) in [5.41, 5.74) is 7.41. The Morgan fingerprint density at radius 1 is 1.44 bits per heavy atom. The van der Waals surface area contributed by atoms with E-state index >= 15 is 0 Å². The fourth-order valence-electron chi connectivity index (χ4n) is 1.40. The van der Waals surface area contributed by atoms with Gasteiger partial charge in [0, 0.05) is 17.0 Å². The minimum absolute atomic E-state index is 0.730. The van der Waals surface area contributed by atoms with Crippen molar-refractivity contribution < 1.29 is 0 Å². The van der Waals surface area contributed by atoms with Gasteiger partial charge in [0.1, 0.15) is 6.33 Å². The van der Waals surface area contributed by atoms with Crippen LogP contribution < -0.4 is 5.73 Å². The molecule has 0 atom stereocenters. The molecule has 1 aromatic carbocycles. The zero-order valence-electron chi connectivity index (χ0n) is 9.13. The number of thioether (sulfide) groups is 1. The van der Waals surface area contributed by atoms with E-state index in [2.05, 4.69) is 16.3 Å². The second kappa shape index (κ2) is 5.03. The molecule has 0 fully saturated rings. The van der Waals surface area contributed by atoms with Crippen molar-refractivity contribution in [3.63, 3.8) is 0 Å². The van der Waals surface area contributed by atoms with E-state index in [1.807, 2.05) is 28.9 Å². The van der Waals surface area contributed by atoms with Crippen LogP contribution in [0.5, 0.6) is 0 Å². The Kier molecular flexibility index (Phi) is 3.46. The number of nitrogen functional groups attached to an aromatic ring is 1. The third-order valence-electron chi connectivity index (χ3n) is 2.21. The zero-order valence-corrected chi connectivity index (χ0v) is 9.94. The van der Waals surface area contributed by atoms with Gasteiger partial charge in [-0.05, 0) is 18.4 Å². The summed E-state index contributed by atoms with van der Waals surface area (Å²) in [6.45, 7) is 0.885. The minimum atomic E-state index is 0.730. The molecule has 0 saturated carbocycles. The molecule has 2 N–H and O–H groups in total. The first kappa shape index (κ1) is 11.0. The Labute approximate surface area is 98.9 Å². The molecule has 1 heterocycles. The second-order valence-electron chi connectivity index (χ2n) is 3.45. The summed E-state index contributed by atoms with van der Waals surface area (Å²) < 4.78 is 1.86. The van der Waals surface area contributed by atoms with Crippen LogP contribution in [-0.4, -0.2) is 26.8 Å². The van der Waals surface area contributed by atoms with E-state index in [1.54, 1.807) is 18.1 Å². The quantitative estimate of drug-likeness (QED) is 0.821. The predicted octanol–water partition coefficient (Wildman–Crippen LogP) is 1.89. The van der Waals surface area contributed by atoms with E-state index in [-0.39, 0.29) is 0 Å². The van der Waals surface area contributed by atoms with E-state index in [4.69, 9.17) is 5.73 Å². The van der Waals surface area contributed by atoms with E-state index in [1.165, 1.54) is 0 Å². The van der Waals surface area contributed by atoms with E-state index in [0.717, 1.165) is 29.4 Å². The SMILES string of the molecule is CSCCn1cnc(-c2cccc(N)c2)n1. The summed E-state index contributed by atoms with van der Waals surface area (Å²) in [6.07, 6.45) is 3.84. The van der Waals surface area contributed by atoms with Crippen LogP contribution in [0.4, 0.5) is 5.69 Å². The van der Waals surface area contributed by atoms with Crippen molar-refractivity contribution in [1.29, 1.82) is 0 Å². The van der Waals surface area contributed by atoms with Gasteiger partial charge in [-0.1, -0.05) is 12.1 Å². The maximum absolute atomic E-state index is 5.72. The summed E-state index contributed by atoms with van der Waals surface area (Å²) in [5.74, 6) is 1.77. The Bertz CT molecular complexity index is 467. The fourth-order valence-corrected chi connectivity index (χ4v) is 1.77. The van der Waals surface area contributed by atoms with Crippen LogP contribution in [0.25, 0.3) is 11.4 Å². The van der Waals surface area contributed by atoms with Crippen molar-refractivity contribution in [3.05, 3.63) is 30.6 Å². The van der Waals surface area contributed by atoms with Crippen LogP contribution in [0.1, 0.15) is 0 Å². The summed E-state index contributed by atoms with van der Waals surface area (Å²) >= 11 is 1.80. The standard InChI is InChI=1S/C11H14N4S/c1-16-6-5-15-8-13-11(14-15)9-3-2-4-10(12)7-9/h2-4,7-8H,5-6,12H2,1H3. The highest BCUT2D eigenvalue weighted by Crippen LogP contribution is 2.16. The second-order valence-corrected chi connectivity index (χ2v) is 4.44. The van der Waals surface area contributed by atoms with Crippen molar-refractivity contribution in [2.24, 2.45) is 0 Å². The first-order valence-electron chi connectivity index (χ1n) is 5.04. The third kappa shape index (κ3) is 2.55. The number of hydrogen-bond donors (Lipinski definition) is 1. The molecule has 0 aliphatic carbocycles. The molecule has 0 unspecified atom stereocenters. The molecule has 0 spiro atoms. The molecule has 0 radical (unpaired) electrons. The largest absolute Gasteiger partial charge is 0.399 e. The number of benzene rings is 1. The number of nitrogens with zero attached hydrogens (tertiary/aromatic N) is 3. The lowest BCUT2D eigenvalue weighted by molar-refractivity contribution is 0.666. The maximum atomic E-state index is 5.72. The van der Waals surface area contributed by atoms with Crippen LogP contribution in [0.3, 0.4) is 0 Å². The predicted molar refractivity (Wildman–Crippen MR) is 68.3 cm³/mol. The molecule has 4 nitrogen and oxygen atoms in total. The van der Waals surface area contributed by atoms with E-state index < -0.39 is 0 Å². The summed E-state index contributed by atoms with van der Waals surface area (Å²) in [5, 5.41) is 4.40. The van der Waals surface area contributed by atoms with Gasteiger partial charge in [0.25, 0.3) is 0 Å². The van der Waals surface area contributed by atoms with Crippen LogP contribution in [-0.2, 0) is 6.54 Å². The molecule has 84 valence electrons. The molecule has 0 aliphatic heterocycles. The van der Waals surface area contributed by atoms with Gasteiger partial charge < -0.3 is 5.73 Å². The van der Waals surface area contributed by atoms with Gasteiger partial charge in [0.15, 0.2) is 5.82 Å². The average molecular weight is 234 g/mol. The van der Waals surface area contributed by atoms with Gasteiger partial charge in [-0.15, -0.1) is 0 Å². The van der Waals surface area contributed by atoms with Crippen LogP contribution in [0.2, 0.25) is 0 Å². The molecule has 5 heteroatoms. The number of aromatic nitrogens is 3. The Hall–Kier alpha value is -1.49. The Morgan fingerprint density at radius 3 is 3.06 bits per heavy atom. The molecule has 16 heavy (non-hydrogen) atoms. The lowest BCUT2D eigenvalue weighted by Crippen LogP contribution is -2.00. The summed E-state index contributed by atoms with van der Waals surface area (Å²) in [4.78, 5) is 4.27. The van der Waals surface area contributed by atoms with Crippen molar-refractivity contribution >= 4 is 17.4 Å². The first-order chi connectivity index (χ1) is 7.79. The van der Waals surface area contributed by atoms with Gasteiger partial charge in [-0.25, -0.2) is 4.98 Å². The number of anilines is 1. The number of hydrogen-bond acceptors (Lipinski definition) is 4. The highest BCUT2D eigenvalue weighted by molar-refractivity contribution is 7.98. The molecule has 0 aliphatic rings. The Balaban J connectivity index is 2.18. The van der Waals surface area contributed by atoms with E-state index in [0.29, 0.717) is 0 Å². The molecule has 2 aromatic rings. The highest BCUT2D eigenvalue weighted by atomic mass is 32.2. The lowest BCUT2D eigenvalue weighted by Gasteiger charge is -1.98.